The van der Waals surface area contributed by atoms with E-state index in [1.54, 1.807) is 0 Å². The van der Waals surface area contributed by atoms with E-state index in [9.17, 15) is 0 Å². The van der Waals surface area contributed by atoms with Gasteiger partial charge in [-0.15, -0.1) is 11.3 Å². The standard InChI is InChI=1S/C13H21N3OS/c1-2-11-3-4-12(18-11)9-16-7-5-10(6-8-16)13(14)15-17/h3-4,10,17H,2,5-9H2,1H3,(H2,14,15). The number of likely N-dealkylation sites (tertiary alicyclic amines) is 1. The highest BCUT2D eigenvalue weighted by Gasteiger charge is 2.22. The number of rotatable bonds is 4. The first-order valence-electron chi connectivity index (χ1n) is 6.50. The molecule has 0 amide bonds. The molecule has 2 rings (SSSR count). The monoisotopic (exact) mass is 267 g/mol. The summed E-state index contributed by atoms with van der Waals surface area (Å²) < 4.78 is 0. The van der Waals surface area contributed by atoms with Gasteiger partial charge in [0.15, 0.2) is 0 Å². The normalized spacial score (nSPS) is 19.3. The quantitative estimate of drug-likeness (QED) is 0.381. The van der Waals surface area contributed by atoms with Crippen LogP contribution in [0.2, 0.25) is 0 Å². The molecule has 1 aromatic rings. The van der Waals surface area contributed by atoms with Crippen molar-refractivity contribution in [1.82, 2.24) is 4.90 Å². The Labute approximate surface area is 112 Å². The Morgan fingerprint density at radius 3 is 2.67 bits per heavy atom. The second-order valence-corrected chi connectivity index (χ2v) is 6.05. The Balaban J connectivity index is 1.83. The summed E-state index contributed by atoms with van der Waals surface area (Å²) in [5.41, 5.74) is 5.65. The third kappa shape index (κ3) is 3.23. The van der Waals surface area contributed by atoms with E-state index in [1.165, 1.54) is 9.75 Å². The van der Waals surface area contributed by atoms with Crippen LogP contribution in [0.1, 0.15) is 29.5 Å². The molecule has 3 N–H and O–H groups in total. The number of hydrogen-bond donors (Lipinski definition) is 2. The van der Waals surface area contributed by atoms with Gasteiger partial charge in [-0.2, -0.15) is 0 Å². The molecule has 2 heterocycles. The molecule has 0 radical (unpaired) electrons. The Bertz CT molecular complexity index is 408. The molecular weight excluding hydrogens is 246 g/mol. The predicted molar refractivity (Wildman–Crippen MR) is 75.1 cm³/mol. The third-order valence-electron chi connectivity index (χ3n) is 3.57. The van der Waals surface area contributed by atoms with Crippen LogP contribution in [0.25, 0.3) is 0 Å². The smallest absolute Gasteiger partial charge is 0.142 e. The van der Waals surface area contributed by atoms with Crippen LogP contribution >= 0.6 is 11.3 Å². The first kappa shape index (κ1) is 13.4. The van der Waals surface area contributed by atoms with E-state index in [4.69, 9.17) is 10.9 Å². The molecule has 1 fully saturated rings. The number of thiophene rings is 1. The molecule has 1 aromatic heterocycles. The molecule has 1 aliphatic rings. The van der Waals surface area contributed by atoms with Gasteiger partial charge in [0.1, 0.15) is 5.84 Å². The van der Waals surface area contributed by atoms with Crippen molar-refractivity contribution in [3.05, 3.63) is 21.9 Å². The van der Waals surface area contributed by atoms with Gasteiger partial charge in [-0.3, -0.25) is 4.90 Å². The lowest BCUT2D eigenvalue weighted by Crippen LogP contribution is -2.38. The molecule has 0 saturated carbocycles. The highest BCUT2D eigenvalue weighted by Crippen LogP contribution is 2.22. The summed E-state index contributed by atoms with van der Waals surface area (Å²) in [7, 11) is 0. The van der Waals surface area contributed by atoms with Crippen molar-refractivity contribution < 1.29 is 5.21 Å². The van der Waals surface area contributed by atoms with Crippen molar-refractivity contribution in [2.24, 2.45) is 16.8 Å². The highest BCUT2D eigenvalue weighted by molar-refractivity contribution is 7.11. The van der Waals surface area contributed by atoms with Crippen LogP contribution in [-0.4, -0.2) is 29.0 Å². The van der Waals surface area contributed by atoms with Crippen LogP contribution in [0.15, 0.2) is 17.3 Å². The fourth-order valence-electron chi connectivity index (χ4n) is 2.39. The summed E-state index contributed by atoms with van der Waals surface area (Å²) in [5, 5.41) is 11.8. The SMILES string of the molecule is CCc1ccc(CN2CCC(C(N)=NO)CC2)s1. The van der Waals surface area contributed by atoms with Crippen LogP contribution in [0.5, 0.6) is 0 Å². The van der Waals surface area contributed by atoms with E-state index in [2.05, 4.69) is 29.1 Å². The molecule has 1 aliphatic heterocycles. The van der Waals surface area contributed by atoms with Crippen molar-refractivity contribution in [3.8, 4) is 0 Å². The van der Waals surface area contributed by atoms with Crippen molar-refractivity contribution >= 4 is 17.2 Å². The highest BCUT2D eigenvalue weighted by atomic mass is 32.1. The molecule has 1 saturated heterocycles. The fraction of sp³-hybridized carbons (Fsp3) is 0.615. The molecule has 0 aliphatic carbocycles. The van der Waals surface area contributed by atoms with Crippen molar-refractivity contribution in [3.63, 3.8) is 0 Å². The van der Waals surface area contributed by atoms with E-state index in [1.807, 2.05) is 11.3 Å². The summed E-state index contributed by atoms with van der Waals surface area (Å²) in [6.45, 7) is 5.28. The van der Waals surface area contributed by atoms with Gasteiger partial charge < -0.3 is 10.9 Å². The van der Waals surface area contributed by atoms with Gasteiger partial charge in [-0.1, -0.05) is 12.1 Å². The summed E-state index contributed by atoms with van der Waals surface area (Å²) in [6, 6.07) is 4.46. The number of nitrogens with zero attached hydrogens (tertiary/aromatic N) is 2. The van der Waals surface area contributed by atoms with Crippen LogP contribution in [-0.2, 0) is 13.0 Å². The number of amidine groups is 1. The van der Waals surface area contributed by atoms with E-state index in [0.29, 0.717) is 5.84 Å². The van der Waals surface area contributed by atoms with Crippen LogP contribution < -0.4 is 5.73 Å². The summed E-state index contributed by atoms with van der Waals surface area (Å²) in [5.74, 6) is 0.639. The van der Waals surface area contributed by atoms with Gasteiger partial charge in [0.05, 0.1) is 0 Å². The second-order valence-electron chi connectivity index (χ2n) is 4.80. The Morgan fingerprint density at radius 2 is 2.11 bits per heavy atom. The van der Waals surface area contributed by atoms with Gasteiger partial charge in [-0.05, 0) is 44.5 Å². The van der Waals surface area contributed by atoms with Gasteiger partial charge in [0.2, 0.25) is 0 Å². The largest absolute Gasteiger partial charge is 0.409 e. The summed E-state index contributed by atoms with van der Waals surface area (Å²) in [4.78, 5) is 5.34. The van der Waals surface area contributed by atoms with E-state index in [0.717, 1.165) is 38.9 Å². The minimum absolute atomic E-state index is 0.251. The van der Waals surface area contributed by atoms with Gasteiger partial charge >= 0.3 is 0 Å². The summed E-state index contributed by atoms with van der Waals surface area (Å²) >= 11 is 1.91. The van der Waals surface area contributed by atoms with Crippen LogP contribution in [0, 0.1) is 5.92 Å². The first-order valence-corrected chi connectivity index (χ1v) is 7.32. The fourth-order valence-corrected chi connectivity index (χ4v) is 3.39. The second kappa shape index (κ2) is 6.20. The van der Waals surface area contributed by atoms with E-state index in [-0.39, 0.29) is 5.92 Å². The maximum absolute atomic E-state index is 8.67. The third-order valence-corrected chi connectivity index (χ3v) is 4.78. The van der Waals surface area contributed by atoms with Crippen molar-refractivity contribution in [2.45, 2.75) is 32.7 Å². The molecule has 0 unspecified atom stereocenters. The minimum atomic E-state index is 0.251. The lowest BCUT2D eigenvalue weighted by atomic mass is 9.96. The molecule has 5 heteroatoms. The minimum Gasteiger partial charge on any atom is -0.409 e. The Kier molecular flexibility index (Phi) is 4.60. The van der Waals surface area contributed by atoms with Crippen molar-refractivity contribution in [1.29, 1.82) is 0 Å². The van der Waals surface area contributed by atoms with Crippen LogP contribution in [0.3, 0.4) is 0 Å². The zero-order valence-corrected chi connectivity index (χ0v) is 11.6. The topological polar surface area (TPSA) is 61.8 Å². The maximum Gasteiger partial charge on any atom is 0.142 e. The molecule has 0 atom stereocenters. The van der Waals surface area contributed by atoms with Gasteiger partial charge in [0.25, 0.3) is 0 Å². The molecule has 0 bridgehead atoms. The van der Waals surface area contributed by atoms with Crippen LogP contribution in [0.4, 0.5) is 0 Å². The zero-order chi connectivity index (χ0) is 13.0. The number of piperidine rings is 1. The molecule has 0 spiro atoms. The number of nitrogens with two attached hydrogens (primary N) is 1. The molecule has 0 aromatic carbocycles. The lowest BCUT2D eigenvalue weighted by Gasteiger charge is -2.30. The number of hydrogen-bond acceptors (Lipinski definition) is 4. The van der Waals surface area contributed by atoms with E-state index >= 15 is 0 Å². The van der Waals surface area contributed by atoms with Crippen molar-refractivity contribution in [2.75, 3.05) is 13.1 Å². The predicted octanol–water partition coefficient (Wildman–Crippen LogP) is 2.27. The number of aryl methyl sites for hydroxylation is 1. The lowest BCUT2D eigenvalue weighted by molar-refractivity contribution is 0.200. The zero-order valence-electron chi connectivity index (χ0n) is 10.8. The average Bonchev–Trinajstić information content (AvgIpc) is 2.86. The summed E-state index contributed by atoms with van der Waals surface area (Å²) in [6.07, 6.45) is 3.10. The average molecular weight is 267 g/mol. The molecule has 18 heavy (non-hydrogen) atoms. The number of oxime groups is 1. The molecule has 100 valence electrons. The first-order chi connectivity index (χ1) is 8.72. The van der Waals surface area contributed by atoms with Gasteiger partial charge in [0, 0.05) is 22.2 Å². The maximum atomic E-state index is 8.67. The molecule has 4 nitrogen and oxygen atoms in total. The van der Waals surface area contributed by atoms with E-state index < -0.39 is 0 Å². The Hall–Kier alpha value is -1.07. The van der Waals surface area contributed by atoms with Gasteiger partial charge in [-0.25, -0.2) is 0 Å². The Morgan fingerprint density at radius 1 is 1.44 bits per heavy atom. The molecular formula is C13H21N3OS.